The molecule has 0 bridgehead atoms. The monoisotopic (exact) mass is 375 g/mol. The van der Waals surface area contributed by atoms with Crippen LogP contribution in [-0.4, -0.2) is 54.3 Å². The molecule has 3 rings (SSSR count). The van der Waals surface area contributed by atoms with E-state index in [2.05, 4.69) is 4.90 Å². The Balaban J connectivity index is 1.60. The van der Waals surface area contributed by atoms with Gasteiger partial charge in [-0.3, -0.25) is 14.6 Å². The van der Waals surface area contributed by atoms with Crippen LogP contribution in [0.4, 0.5) is 10.5 Å². The Labute approximate surface area is 160 Å². The van der Waals surface area contributed by atoms with Crippen molar-refractivity contribution in [2.45, 2.75) is 57.9 Å². The quantitative estimate of drug-likeness (QED) is 0.795. The first-order valence-electron chi connectivity index (χ1n) is 9.51. The second-order valence-electron chi connectivity index (χ2n) is 8.17. The minimum absolute atomic E-state index is 0.196. The Kier molecular flexibility index (Phi) is 5.72. The largest absolute Gasteiger partial charge is 0.459 e. The lowest BCUT2D eigenvalue weighted by atomic mass is 10.1. The van der Waals surface area contributed by atoms with Gasteiger partial charge < -0.3 is 15.2 Å². The molecule has 2 N–H and O–H groups in total. The maximum absolute atomic E-state index is 12.5. The van der Waals surface area contributed by atoms with Gasteiger partial charge in [-0.15, -0.1) is 0 Å². The minimum Gasteiger partial charge on any atom is -0.459 e. The molecule has 7 nitrogen and oxygen atoms in total. The second-order valence-corrected chi connectivity index (χ2v) is 8.17. The average molecular weight is 375 g/mol. The molecule has 7 heteroatoms. The highest BCUT2D eigenvalue weighted by Crippen LogP contribution is 2.26. The number of carbonyl (C=O) groups is 2. The van der Waals surface area contributed by atoms with Crippen molar-refractivity contribution in [3.8, 4) is 0 Å². The number of esters is 1. The number of benzene rings is 1. The van der Waals surface area contributed by atoms with Crippen molar-refractivity contribution < 1.29 is 19.1 Å². The predicted molar refractivity (Wildman–Crippen MR) is 102 cm³/mol. The number of nitrogens with zero attached hydrogens (tertiary/aromatic N) is 2. The average Bonchev–Trinajstić information content (AvgIpc) is 3.20. The van der Waals surface area contributed by atoms with Gasteiger partial charge in [0.15, 0.2) is 0 Å². The molecule has 1 aromatic carbocycles. The summed E-state index contributed by atoms with van der Waals surface area (Å²) in [5.41, 5.74) is 6.93. The summed E-state index contributed by atoms with van der Waals surface area (Å²) in [5, 5.41) is 0. The van der Waals surface area contributed by atoms with Gasteiger partial charge >= 0.3 is 12.1 Å². The first kappa shape index (κ1) is 19.6. The number of likely N-dealkylation sites (tertiary alicyclic amines) is 1. The van der Waals surface area contributed by atoms with E-state index in [-0.39, 0.29) is 24.2 Å². The first-order valence-corrected chi connectivity index (χ1v) is 9.51. The highest BCUT2D eigenvalue weighted by Gasteiger charge is 2.39. The number of amides is 1. The number of hydrogen-bond donors (Lipinski definition) is 1. The normalized spacial score (nSPS) is 23.6. The van der Waals surface area contributed by atoms with Gasteiger partial charge in [0.2, 0.25) is 0 Å². The highest BCUT2D eigenvalue weighted by molar-refractivity contribution is 5.89. The Morgan fingerprint density at radius 2 is 2.00 bits per heavy atom. The molecule has 2 saturated heterocycles. The number of rotatable bonds is 5. The standard InChI is InChI=1S/C20H29N3O4/c1-20(2,3)27-18(24)17-5-4-10-22(17)12-16-13-23(19(25)26-16)15-8-6-14(11-21)7-9-15/h6-9,16-17H,4-5,10-13,21H2,1-3H3. The smallest absolute Gasteiger partial charge is 0.414 e. The Morgan fingerprint density at radius 3 is 2.63 bits per heavy atom. The fourth-order valence-electron chi connectivity index (χ4n) is 3.58. The van der Waals surface area contributed by atoms with Gasteiger partial charge in [-0.25, -0.2) is 4.79 Å². The molecule has 148 valence electrons. The van der Waals surface area contributed by atoms with E-state index < -0.39 is 5.60 Å². The Hall–Kier alpha value is -2.12. The summed E-state index contributed by atoms with van der Waals surface area (Å²) in [6.07, 6.45) is 1.09. The topological polar surface area (TPSA) is 85.1 Å². The number of anilines is 1. The molecule has 0 aromatic heterocycles. The predicted octanol–water partition coefficient (Wildman–Crippen LogP) is 2.28. The van der Waals surface area contributed by atoms with Gasteiger partial charge in [0.05, 0.1) is 6.54 Å². The van der Waals surface area contributed by atoms with Crippen LogP contribution in [0.3, 0.4) is 0 Å². The summed E-state index contributed by atoms with van der Waals surface area (Å²) in [6, 6.07) is 7.32. The van der Waals surface area contributed by atoms with Crippen LogP contribution in [0.2, 0.25) is 0 Å². The van der Waals surface area contributed by atoms with Crippen molar-refractivity contribution in [3.05, 3.63) is 29.8 Å². The Bertz CT molecular complexity index is 683. The van der Waals surface area contributed by atoms with Gasteiger partial charge in [-0.05, 0) is 57.9 Å². The highest BCUT2D eigenvalue weighted by atomic mass is 16.6. The fourth-order valence-corrected chi connectivity index (χ4v) is 3.58. The number of nitrogens with two attached hydrogens (primary N) is 1. The third-order valence-corrected chi connectivity index (χ3v) is 4.84. The summed E-state index contributed by atoms with van der Waals surface area (Å²) in [7, 11) is 0. The lowest BCUT2D eigenvalue weighted by molar-refractivity contribution is -0.160. The lowest BCUT2D eigenvalue weighted by Crippen LogP contribution is -2.44. The molecule has 1 amide bonds. The minimum atomic E-state index is -0.502. The SMILES string of the molecule is CC(C)(C)OC(=O)C1CCCN1CC1CN(c2ccc(CN)cc2)C(=O)O1. The van der Waals surface area contributed by atoms with E-state index in [1.807, 2.05) is 45.0 Å². The van der Waals surface area contributed by atoms with Crippen molar-refractivity contribution in [2.24, 2.45) is 5.73 Å². The van der Waals surface area contributed by atoms with Crippen molar-refractivity contribution in [3.63, 3.8) is 0 Å². The zero-order valence-electron chi connectivity index (χ0n) is 16.3. The van der Waals surface area contributed by atoms with Crippen LogP contribution in [0.5, 0.6) is 0 Å². The van der Waals surface area contributed by atoms with Gasteiger partial charge in [-0.2, -0.15) is 0 Å². The number of hydrogen-bond acceptors (Lipinski definition) is 6. The van der Waals surface area contributed by atoms with Gasteiger partial charge in [0.25, 0.3) is 0 Å². The molecular weight excluding hydrogens is 346 g/mol. The summed E-state index contributed by atoms with van der Waals surface area (Å²) in [5.74, 6) is -0.196. The van der Waals surface area contributed by atoms with Gasteiger partial charge in [-0.1, -0.05) is 12.1 Å². The van der Waals surface area contributed by atoms with E-state index in [4.69, 9.17) is 15.2 Å². The van der Waals surface area contributed by atoms with Crippen LogP contribution in [0.25, 0.3) is 0 Å². The van der Waals surface area contributed by atoms with Gasteiger partial charge in [0, 0.05) is 18.8 Å². The molecule has 0 radical (unpaired) electrons. The van der Waals surface area contributed by atoms with Crippen molar-refractivity contribution in [1.29, 1.82) is 0 Å². The first-order chi connectivity index (χ1) is 12.8. The molecular formula is C20H29N3O4. The number of ether oxygens (including phenoxy) is 2. The van der Waals surface area contributed by atoms with Crippen LogP contribution in [0.15, 0.2) is 24.3 Å². The summed E-state index contributed by atoms with van der Waals surface area (Å²) in [6.45, 7) is 7.90. The second kappa shape index (κ2) is 7.86. The van der Waals surface area contributed by atoms with Crippen LogP contribution >= 0.6 is 0 Å². The zero-order valence-corrected chi connectivity index (χ0v) is 16.3. The van der Waals surface area contributed by atoms with E-state index in [0.29, 0.717) is 19.6 Å². The molecule has 2 fully saturated rings. The molecule has 2 unspecified atom stereocenters. The number of carbonyl (C=O) groups excluding carboxylic acids is 2. The van der Waals surface area contributed by atoms with Gasteiger partial charge in [0.1, 0.15) is 17.7 Å². The van der Waals surface area contributed by atoms with Crippen molar-refractivity contribution in [1.82, 2.24) is 4.90 Å². The third kappa shape index (κ3) is 4.78. The summed E-state index contributed by atoms with van der Waals surface area (Å²) in [4.78, 5) is 28.5. The van der Waals surface area contributed by atoms with Crippen LogP contribution in [0.1, 0.15) is 39.2 Å². The van der Waals surface area contributed by atoms with E-state index in [1.165, 1.54) is 0 Å². The molecule has 2 atom stereocenters. The summed E-state index contributed by atoms with van der Waals surface area (Å²) < 4.78 is 11.1. The molecule has 0 saturated carbocycles. The van der Waals surface area contributed by atoms with E-state index >= 15 is 0 Å². The maximum atomic E-state index is 12.5. The lowest BCUT2D eigenvalue weighted by Gasteiger charge is -2.28. The van der Waals surface area contributed by atoms with E-state index in [0.717, 1.165) is 30.6 Å². The van der Waals surface area contributed by atoms with Crippen LogP contribution in [-0.2, 0) is 20.8 Å². The molecule has 0 aliphatic carbocycles. The van der Waals surface area contributed by atoms with Crippen LogP contribution < -0.4 is 10.6 Å². The van der Waals surface area contributed by atoms with E-state index in [1.54, 1.807) is 4.90 Å². The third-order valence-electron chi connectivity index (χ3n) is 4.84. The molecule has 2 aliphatic heterocycles. The molecule has 1 aromatic rings. The number of cyclic esters (lactones) is 1. The fraction of sp³-hybridized carbons (Fsp3) is 0.600. The van der Waals surface area contributed by atoms with Crippen molar-refractivity contribution in [2.75, 3.05) is 24.5 Å². The summed E-state index contributed by atoms with van der Waals surface area (Å²) >= 11 is 0. The van der Waals surface area contributed by atoms with Crippen molar-refractivity contribution >= 4 is 17.7 Å². The zero-order chi connectivity index (χ0) is 19.6. The van der Waals surface area contributed by atoms with E-state index in [9.17, 15) is 9.59 Å². The molecule has 2 heterocycles. The molecule has 27 heavy (non-hydrogen) atoms. The van der Waals surface area contributed by atoms with Crippen LogP contribution in [0, 0.1) is 0 Å². The Morgan fingerprint density at radius 1 is 1.30 bits per heavy atom. The molecule has 0 spiro atoms. The molecule has 2 aliphatic rings. The maximum Gasteiger partial charge on any atom is 0.414 e.